The van der Waals surface area contributed by atoms with Crippen LogP contribution in [0.4, 0.5) is 4.79 Å². The normalized spacial score (nSPS) is 10.0. The summed E-state index contributed by atoms with van der Waals surface area (Å²) in [4.78, 5) is 17.0. The highest BCUT2D eigenvalue weighted by Gasteiger charge is 2.08. The summed E-state index contributed by atoms with van der Waals surface area (Å²) in [5.41, 5.74) is 0. The molecular formula is C8H14N4O. The lowest BCUT2D eigenvalue weighted by molar-refractivity contribution is 0.211. The molecule has 5 heteroatoms. The zero-order valence-electron chi connectivity index (χ0n) is 7.90. The average Bonchev–Trinajstić information content (AvgIpc) is 2.65. The Balaban J connectivity index is 2.48. The van der Waals surface area contributed by atoms with Gasteiger partial charge in [-0.3, -0.25) is 4.57 Å². The third-order valence-electron chi connectivity index (χ3n) is 1.75. The van der Waals surface area contributed by atoms with Crippen molar-refractivity contribution in [3.05, 3.63) is 18.7 Å². The molecule has 5 nitrogen and oxygen atoms in total. The van der Waals surface area contributed by atoms with Gasteiger partial charge in [0.2, 0.25) is 0 Å². The molecule has 0 aliphatic rings. The van der Waals surface area contributed by atoms with Crippen molar-refractivity contribution in [1.82, 2.24) is 19.8 Å². The van der Waals surface area contributed by atoms with Gasteiger partial charge in [-0.1, -0.05) is 0 Å². The van der Waals surface area contributed by atoms with Crippen molar-refractivity contribution in [1.29, 1.82) is 0 Å². The molecule has 0 saturated heterocycles. The Hall–Kier alpha value is -1.36. The van der Waals surface area contributed by atoms with Crippen LogP contribution in [-0.2, 0) is 0 Å². The molecule has 72 valence electrons. The third-order valence-corrected chi connectivity index (χ3v) is 1.75. The van der Waals surface area contributed by atoms with Crippen LogP contribution in [0.25, 0.3) is 0 Å². The second-order valence-electron chi connectivity index (χ2n) is 2.78. The van der Waals surface area contributed by atoms with Crippen LogP contribution in [0, 0.1) is 0 Å². The predicted octanol–water partition coefficient (Wildman–Crippen LogP) is 0.00240. The first-order valence-electron chi connectivity index (χ1n) is 4.13. The number of carbonyl (C=O) groups is 1. The first-order valence-corrected chi connectivity index (χ1v) is 4.13. The van der Waals surface area contributed by atoms with E-state index in [0.717, 1.165) is 6.54 Å². The van der Waals surface area contributed by atoms with E-state index in [1.807, 2.05) is 7.05 Å². The fourth-order valence-electron chi connectivity index (χ4n) is 0.945. The summed E-state index contributed by atoms with van der Waals surface area (Å²) in [7, 11) is 3.62. The molecule has 0 unspecified atom stereocenters. The molecule has 1 heterocycles. The number of hydrogen-bond acceptors (Lipinski definition) is 3. The topological polar surface area (TPSA) is 50.2 Å². The summed E-state index contributed by atoms with van der Waals surface area (Å²) in [5, 5.41) is 2.98. The minimum atomic E-state index is -0.0623. The first-order chi connectivity index (χ1) is 6.25. The second kappa shape index (κ2) is 4.61. The van der Waals surface area contributed by atoms with E-state index in [0.29, 0.717) is 6.54 Å². The number of likely N-dealkylation sites (N-methyl/N-ethyl adjacent to an activating group) is 2. The van der Waals surface area contributed by atoms with Crippen molar-refractivity contribution in [2.24, 2.45) is 0 Å². The van der Waals surface area contributed by atoms with Crippen LogP contribution in [0.15, 0.2) is 18.7 Å². The Morgan fingerprint density at radius 3 is 3.00 bits per heavy atom. The zero-order chi connectivity index (χ0) is 9.68. The van der Waals surface area contributed by atoms with Gasteiger partial charge in [-0.15, -0.1) is 0 Å². The molecule has 0 atom stereocenters. The summed E-state index contributed by atoms with van der Waals surface area (Å²) in [6.45, 7) is 1.48. The van der Waals surface area contributed by atoms with E-state index in [9.17, 15) is 4.79 Å². The Labute approximate surface area is 77.4 Å². The lowest BCUT2D eigenvalue weighted by Gasteiger charge is -2.16. The van der Waals surface area contributed by atoms with E-state index in [1.54, 1.807) is 24.3 Å². The van der Waals surface area contributed by atoms with E-state index in [2.05, 4.69) is 10.3 Å². The molecule has 0 aliphatic carbocycles. The smallest absolute Gasteiger partial charge is 0.326 e. The maximum atomic E-state index is 11.5. The van der Waals surface area contributed by atoms with E-state index in [4.69, 9.17) is 0 Å². The summed E-state index contributed by atoms with van der Waals surface area (Å²) < 4.78 is 1.45. The molecule has 1 aromatic heterocycles. The van der Waals surface area contributed by atoms with E-state index in [-0.39, 0.29) is 6.03 Å². The summed E-state index contributed by atoms with van der Waals surface area (Å²) in [6.07, 6.45) is 4.72. The van der Waals surface area contributed by atoms with Crippen LogP contribution in [0.1, 0.15) is 0 Å². The van der Waals surface area contributed by atoms with E-state index in [1.165, 1.54) is 10.9 Å². The number of carbonyl (C=O) groups excluding carboxylic acids is 1. The Morgan fingerprint density at radius 1 is 1.69 bits per heavy atom. The van der Waals surface area contributed by atoms with Gasteiger partial charge in [0.05, 0.1) is 0 Å². The van der Waals surface area contributed by atoms with Gasteiger partial charge < -0.3 is 10.2 Å². The molecule has 0 radical (unpaired) electrons. The van der Waals surface area contributed by atoms with Gasteiger partial charge in [-0.05, 0) is 7.05 Å². The van der Waals surface area contributed by atoms with Crippen LogP contribution in [0.2, 0.25) is 0 Å². The molecule has 0 spiro atoms. The summed E-state index contributed by atoms with van der Waals surface area (Å²) in [6, 6.07) is -0.0623. The molecule has 0 bridgehead atoms. The highest BCUT2D eigenvalue weighted by Crippen LogP contribution is 1.92. The van der Waals surface area contributed by atoms with Gasteiger partial charge in [0.25, 0.3) is 0 Å². The van der Waals surface area contributed by atoms with Gasteiger partial charge in [-0.2, -0.15) is 0 Å². The van der Waals surface area contributed by atoms with Crippen molar-refractivity contribution in [3.8, 4) is 0 Å². The number of nitrogens with one attached hydrogen (secondary N) is 1. The van der Waals surface area contributed by atoms with Crippen LogP contribution >= 0.6 is 0 Å². The molecule has 0 saturated carbocycles. The lowest BCUT2D eigenvalue weighted by Crippen LogP contribution is -2.35. The first kappa shape index (κ1) is 9.73. The van der Waals surface area contributed by atoms with Gasteiger partial charge in [0.15, 0.2) is 0 Å². The van der Waals surface area contributed by atoms with E-state index >= 15 is 0 Å². The van der Waals surface area contributed by atoms with Crippen LogP contribution in [0.3, 0.4) is 0 Å². The largest absolute Gasteiger partial charge is 0.329 e. The fourth-order valence-corrected chi connectivity index (χ4v) is 0.945. The summed E-state index contributed by atoms with van der Waals surface area (Å²) in [5.74, 6) is 0. The zero-order valence-corrected chi connectivity index (χ0v) is 7.90. The molecule has 1 amide bonds. The average molecular weight is 182 g/mol. The number of nitrogens with zero attached hydrogens (tertiary/aromatic N) is 3. The molecule has 0 aromatic carbocycles. The Morgan fingerprint density at radius 2 is 2.46 bits per heavy atom. The number of amides is 1. The molecule has 1 rings (SSSR count). The second-order valence-corrected chi connectivity index (χ2v) is 2.78. The quantitative estimate of drug-likeness (QED) is 0.716. The van der Waals surface area contributed by atoms with Gasteiger partial charge in [0, 0.05) is 32.5 Å². The summed E-state index contributed by atoms with van der Waals surface area (Å²) >= 11 is 0. The number of hydrogen-bond donors (Lipinski definition) is 1. The van der Waals surface area contributed by atoms with Crippen molar-refractivity contribution in [2.45, 2.75) is 0 Å². The molecule has 0 fully saturated rings. The van der Waals surface area contributed by atoms with Gasteiger partial charge in [0.1, 0.15) is 6.33 Å². The number of aromatic nitrogens is 2. The molecule has 13 heavy (non-hydrogen) atoms. The SMILES string of the molecule is CNCCN(C)C(=O)n1ccnc1. The predicted molar refractivity (Wildman–Crippen MR) is 49.6 cm³/mol. The number of imidazole rings is 1. The van der Waals surface area contributed by atoms with Gasteiger partial charge >= 0.3 is 6.03 Å². The van der Waals surface area contributed by atoms with Crippen molar-refractivity contribution in [2.75, 3.05) is 27.2 Å². The van der Waals surface area contributed by atoms with Crippen LogP contribution in [-0.4, -0.2) is 47.7 Å². The highest BCUT2D eigenvalue weighted by atomic mass is 16.2. The third kappa shape index (κ3) is 2.55. The van der Waals surface area contributed by atoms with Crippen molar-refractivity contribution >= 4 is 6.03 Å². The Bertz CT molecular complexity index is 257. The van der Waals surface area contributed by atoms with Crippen LogP contribution in [0.5, 0.6) is 0 Å². The minimum Gasteiger partial charge on any atom is -0.326 e. The van der Waals surface area contributed by atoms with Gasteiger partial charge in [-0.25, -0.2) is 9.78 Å². The Kier molecular flexibility index (Phi) is 3.45. The van der Waals surface area contributed by atoms with Crippen LogP contribution < -0.4 is 5.32 Å². The highest BCUT2D eigenvalue weighted by molar-refractivity contribution is 5.76. The molecule has 1 N–H and O–H groups in total. The molecule has 0 aliphatic heterocycles. The van der Waals surface area contributed by atoms with E-state index < -0.39 is 0 Å². The maximum Gasteiger partial charge on any atom is 0.329 e. The monoisotopic (exact) mass is 182 g/mol. The number of rotatable bonds is 3. The molecule has 1 aromatic rings. The lowest BCUT2D eigenvalue weighted by atomic mass is 10.5. The van der Waals surface area contributed by atoms with Crippen molar-refractivity contribution in [3.63, 3.8) is 0 Å². The standard InChI is InChI=1S/C8H14N4O/c1-9-3-5-11(2)8(13)12-6-4-10-7-12/h4,6-7,9H,3,5H2,1-2H3. The fraction of sp³-hybridized carbons (Fsp3) is 0.500. The maximum absolute atomic E-state index is 11.5. The minimum absolute atomic E-state index is 0.0623. The van der Waals surface area contributed by atoms with Crippen molar-refractivity contribution < 1.29 is 4.79 Å². The molecular weight excluding hydrogens is 168 g/mol.